The molecular formula is C18H25N3O2. The fraction of sp³-hybridized carbons (Fsp3) is 0.444. The van der Waals surface area contributed by atoms with Gasteiger partial charge < -0.3 is 15.8 Å². The highest BCUT2D eigenvalue weighted by atomic mass is 16.5. The molecule has 1 heterocycles. The average molecular weight is 315 g/mol. The Morgan fingerprint density at radius 1 is 1.39 bits per heavy atom. The number of amides is 1. The number of rotatable bonds is 5. The van der Waals surface area contributed by atoms with Gasteiger partial charge in [-0.25, -0.2) is 0 Å². The summed E-state index contributed by atoms with van der Waals surface area (Å²) in [6.45, 7) is 9.77. The molecule has 1 aromatic heterocycles. The van der Waals surface area contributed by atoms with Gasteiger partial charge in [0.25, 0.3) is 0 Å². The summed E-state index contributed by atoms with van der Waals surface area (Å²) in [6.07, 6.45) is 0. The molecule has 0 fully saturated rings. The zero-order chi connectivity index (χ0) is 17.2. The Bertz CT molecular complexity index is 724. The van der Waals surface area contributed by atoms with Gasteiger partial charge in [-0.05, 0) is 52.8 Å². The number of carbonyl (C=O) groups is 1. The van der Waals surface area contributed by atoms with Gasteiger partial charge in [0.1, 0.15) is 12.4 Å². The highest BCUT2D eigenvalue weighted by Gasteiger charge is 2.29. The quantitative estimate of drug-likeness (QED) is 0.889. The van der Waals surface area contributed by atoms with Crippen LogP contribution in [0.1, 0.15) is 33.4 Å². The summed E-state index contributed by atoms with van der Waals surface area (Å²) >= 11 is 0. The average Bonchev–Trinajstić information content (AvgIpc) is 2.43. The fourth-order valence-electron chi connectivity index (χ4n) is 2.32. The lowest BCUT2D eigenvalue weighted by atomic mass is 9.93. The van der Waals surface area contributed by atoms with E-state index in [4.69, 9.17) is 10.5 Å². The van der Waals surface area contributed by atoms with Gasteiger partial charge in [0.2, 0.25) is 5.91 Å². The minimum atomic E-state index is -0.640. The highest BCUT2D eigenvalue weighted by Crippen LogP contribution is 2.31. The Kier molecular flexibility index (Phi) is 4.78. The van der Waals surface area contributed by atoms with E-state index in [-0.39, 0.29) is 18.6 Å². The van der Waals surface area contributed by atoms with Crippen molar-refractivity contribution >= 4 is 22.5 Å². The first-order chi connectivity index (χ1) is 10.7. The number of carbonyl (C=O) groups excluding carboxylic acids is 1. The molecule has 1 aromatic carbocycles. The summed E-state index contributed by atoms with van der Waals surface area (Å²) in [6, 6.07) is 7.56. The van der Waals surface area contributed by atoms with Crippen LogP contribution in [0.15, 0.2) is 24.3 Å². The molecule has 0 aliphatic rings. The Morgan fingerprint density at radius 3 is 2.74 bits per heavy atom. The summed E-state index contributed by atoms with van der Waals surface area (Å²) in [7, 11) is 0. The number of nitrogens with two attached hydrogens (primary N) is 1. The van der Waals surface area contributed by atoms with Gasteiger partial charge in [0.15, 0.2) is 0 Å². The first-order valence-corrected chi connectivity index (χ1v) is 7.80. The molecule has 5 nitrogen and oxygen atoms in total. The van der Waals surface area contributed by atoms with Crippen molar-refractivity contribution in [3.05, 3.63) is 30.0 Å². The molecule has 0 spiro atoms. The van der Waals surface area contributed by atoms with Crippen molar-refractivity contribution in [2.24, 2.45) is 5.41 Å². The molecular weight excluding hydrogens is 290 g/mol. The number of aryl methyl sites for hydroxylation is 1. The lowest BCUT2D eigenvalue weighted by Crippen LogP contribution is -2.43. The maximum absolute atomic E-state index is 12.2. The van der Waals surface area contributed by atoms with Crippen molar-refractivity contribution in [3.63, 3.8) is 0 Å². The number of aromatic nitrogens is 1. The van der Waals surface area contributed by atoms with Crippen molar-refractivity contribution < 1.29 is 9.53 Å². The first-order valence-electron chi connectivity index (χ1n) is 7.80. The zero-order valence-electron chi connectivity index (χ0n) is 14.4. The number of anilines is 1. The van der Waals surface area contributed by atoms with Crippen LogP contribution in [0, 0.1) is 12.3 Å². The van der Waals surface area contributed by atoms with E-state index in [9.17, 15) is 4.79 Å². The molecule has 0 radical (unpaired) electrons. The first kappa shape index (κ1) is 17.1. The summed E-state index contributed by atoms with van der Waals surface area (Å²) in [5.74, 6) is 0.618. The molecule has 0 unspecified atom stereocenters. The minimum absolute atomic E-state index is 0.0327. The van der Waals surface area contributed by atoms with Crippen LogP contribution >= 0.6 is 0 Å². The molecule has 3 N–H and O–H groups in total. The van der Waals surface area contributed by atoms with Crippen LogP contribution in [0.5, 0.6) is 5.75 Å². The summed E-state index contributed by atoms with van der Waals surface area (Å²) in [4.78, 5) is 16.7. The maximum Gasteiger partial charge on any atom is 0.229 e. The Morgan fingerprint density at radius 2 is 2.09 bits per heavy atom. The number of ether oxygens (including phenoxy) is 1. The summed E-state index contributed by atoms with van der Waals surface area (Å²) in [5, 5.41) is 3.71. The summed E-state index contributed by atoms with van der Waals surface area (Å²) < 4.78 is 5.93. The van der Waals surface area contributed by atoms with Gasteiger partial charge in [0.05, 0.1) is 16.3 Å². The number of nitrogen functional groups attached to an aromatic ring is 1. The topological polar surface area (TPSA) is 77.2 Å². The molecule has 23 heavy (non-hydrogen) atoms. The van der Waals surface area contributed by atoms with Gasteiger partial charge in [-0.1, -0.05) is 6.07 Å². The largest absolute Gasteiger partial charge is 0.492 e. The van der Waals surface area contributed by atoms with Gasteiger partial charge in [-0.3, -0.25) is 9.78 Å². The number of pyridine rings is 1. The SMILES string of the molecule is Cc1cc(N)c2c(OCC(C)(C)C(=O)NC(C)C)cccc2n1. The smallest absolute Gasteiger partial charge is 0.229 e. The van der Waals surface area contributed by atoms with Gasteiger partial charge in [-0.2, -0.15) is 0 Å². The van der Waals surface area contributed by atoms with Crippen molar-refractivity contribution in [3.8, 4) is 5.75 Å². The predicted molar refractivity (Wildman–Crippen MR) is 93.4 cm³/mol. The number of benzene rings is 1. The van der Waals surface area contributed by atoms with Gasteiger partial charge in [-0.15, -0.1) is 0 Å². The zero-order valence-corrected chi connectivity index (χ0v) is 14.4. The van der Waals surface area contributed by atoms with Crippen molar-refractivity contribution in [2.45, 2.75) is 40.7 Å². The van der Waals surface area contributed by atoms with Crippen molar-refractivity contribution in [1.29, 1.82) is 0 Å². The van der Waals surface area contributed by atoms with E-state index in [2.05, 4.69) is 10.3 Å². The molecule has 0 aliphatic heterocycles. The second-order valence-corrected chi connectivity index (χ2v) is 6.80. The molecule has 124 valence electrons. The maximum atomic E-state index is 12.2. The van der Waals surface area contributed by atoms with E-state index in [1.54, 1.807) is 0 Å². The molecule has 2 rings (SSSR count). The number of hydrogen-bond donors (Lipinski definition) is 2. The number of nitrogens with one attached hydrogen (secondary N) is 1. The second-order valence-electron chi connectivity index (χ2n) is 6.80. The predicted octanol–water partition coefficient (Wildman–Crippen LogP) is 3.06. The van der Waals surface area contributed by atoms with E-state index < -0.39 is 5.41 Å². The van der Waals surface area contributed by atoms with E-state index in [1.165, 1.54) is 0 Å². The third-order valence-corrected chi connectivity index (χ3v) is 3.58. The molecule has 0 atom stereocenters. The molecule has 1 amide bonds. The second kappa shape index (κ2) is 6.44. The van der Waals surface area contributed by atoms with Crippen LogP contribution in [-0.2, 0) is 4.79 Å². The van der Waals surface area contributed by atoms with E-state index in [1.807, 2.05) is 58.9 Å². The molecule has 2 aromatic rings. The summed E-state index contributed by atoms with van der Waals surface area (Å²) in [5.41, 5.74) is 7.78. The number of hydrogen-bond acceptors (Lipinski definition) is 4. The molecule has 0 bridgehead atoms. The third-order valence-electron chi connectivity index (χ3n) is 3.58. The van der Waals surface area contributed by atoms with E-state index >= 15 is 0 Å². The van der Waals surface area contributed by atoms with Gasteiger partial charge >= 0.3 is 0 Å². The standard InChI is InChI=1S/C18H25N3O2/c1-11(2)20-17(22)18(4,5)10-23-15-8-6-7-14-16(15)13(19)9-12(3)21-14/h6-9,11H,10H2,1-5H3,(H2,19,21)(H,20,22). The molecule has 0 aliphatic carbocycles. The number of fused-ring (bicyclic) bond motifs is 1. The van der Waals surface area contributed by atoms with Gasteiger partial charge in [0, 0.05) is 17.4 Å². The Balaban J connectivity index is 2.24. The number of nitrogens with zero attached hydrogens (tertiary/aromatic N) is 1. The highest BCUT2D eigenvalue weighted by molar-refractivity contribution is 5.95. The monoisotopic (exact) mass is 315 g/mol. The normalized spacial score (nSPS) is 11.7. The van der Waals surface area contributed by atoms with Crippen molar-refractivity contribution in [1.82, 2.24) is 10.3 Å². The van der Waals surface area contributed by atoms with Crippen LogP contribution < -0.4 is 15.8 Å². The third kappa shape index (κ3) is 3.92. The molecule has 0 saturated heterocycles. The molecule has 5 heteroatoms. The van der Waals surface area contributed by atoms with Crippen LogP contribution in [0.2, 0.25) is 0 Å². The lowest BCUT2D eigenvalue weighted by Gasteiger charge is -2.25. The van der Waals surface area contributed by atoms with Crippen LogP contribution in [0.25, 0.3) is 10.9 Å². The van der Waals surface area contributed by atoms with Crippen molar-refractivity contribution in [2.75, 3.05) is 12.3 Å². The Labute approximate surface area is 137 Å². The van der Waals surface area contributed by atoms with E-state index in [0.29, 0.717) is 11.4 Å². The van der Waals surface area contributed by atoms with Crippen LogP contribution in [0.4, 0.5) is 5.69 Å². The lowest BCUT2D eigenvalue weighted by molar-refractivity contribution is -0.131. The minimum Gasteiger partial charge on any atom is -0.492 e. The fourth-order valence-corrected chi connectivity index (χ4v) is 2.32. The van der Waals surface area contributed by atoms with Crippen LogP contribution in [-0.4, -0.2) is 23.5 Å². The molecule has 0 saturated carbocycles. The Hall–Kier alpha value is -2.30. The van der Waals surface area contributed by atoms with E-state index in [0.717, 1.165) is 16.6 Å². The van der Waals surface area contributed by atoms with Crippen LogP contribution in [0.3, 0.4) is 0 Å².